The van der Waals surface area contributed by atoms with Crippen LogP contribution in [0.3, 0.4) is 0 Å². The van der Waals surface area contributed by atoms with E-state index in [9.17, 15) is 0 Å². The van der Waals surface area contributed by atoms with Crippen molar-refractivity contribution in [2.24, 2.45) is 16.3 Å². The number of hydrogen-bond donors (Lipinski definition) is 3. The highest BCUT2D eigenvalue weighted by molar-refractivity contribution is 5.85. The number of aryl methyl sites for hydroxylation is 1. The van der Waals surface area contributed by atoms with Gasteiger partial charge in [-0.05, 0) is 19.9 Å². The van der Waals surface area contributed by atoms with E-state index in [0.29, 0.717) is 6.54 Å². The Morgan fingerprint density at radius 2 is 2.35 bits per heavy atom. The zero-order valence-corrected chi connectivity index (χ0v) is 10.5. The standard InChI is InChI=1S/C11H20N4O2/c1-8-6-9(17-15-8)7-13-5-4-11(2,3)10(12)14-16/h6,13,16H,4-5,7H2,1-3H3,(H2,12,14). The van der Waals surface area contributed by atoms with Gasteiger partial charge in [-0.25, -0.2) is 0 Å². The monoisotopic (exact) mass is 240 g/mol. The van der Waals surface area contributed by atoms with E-state index >= 15 is 0 Å². The van der Waals surface area contributed by atoms with E-state index in [4.69, 9.17) is 15.5 Å². The van der Waals surface area contributed by atoms with Gasteiger partial charge < -0.3 is 20.8 Å². The zero-order valence-electron chi connectivity index (χ0n) is 10.5. The van der Waals surface area contributed by atoms with Crippen molar-refractivity contribution in [3.8, 4) is 0 Å². The minimum absolute atomic E-state index is 0.245. The van der Waals surface area contributed by atoms with Crippen LogP contribution in [-0.2, 0) is 6.54 Å². The van der Waals surface area contributed by atoms with Crippen molar-refractivity contribution in [1.82, 2.24) is 10.5 Å². The van der Waals surface area contributed by atoms with E-state index in [-0.39, 0.29) is 11.3 Å². The van der Waals surface area contributed by atoms with Crippen LogP contribution < -0.4 is 11.1 Å². The highest BCUT2D eigenvalue weighted by Crippen LogP contribution is 2.19. The van der Waals surface area contributed by atoms with Crippen molar-refractivity contribution in [2.75, 3.05) is 6.54 Å². The molecule has 0 saturated carbocycles. The minimum atomic E-state index is -0.320. The molecule has 0 atom stereocenters. The van der Waals surface area contributed by atoms with Crippen LogP contribution in [0.25, 0.3) is 0 Å². The summed E-state index contributed by atoms with van der Waals surface area (Å²) in [4.78, 5) is 0. The maximum atomic E-state index is 8.63. The summed E-state index contributed by atoms with van der Waals surface area (Å²) in [6, 6.07) is 1.89. The van der Waals surface area contributed by atoms with E-state index in [0.717, 1.165) is 24.4 Å². The first-order valence-corrected chi connectivity index (χ1v) is 5.56. The van der Waals surface area contributed by atoms with Crippen LogP contribution in [-0.4, -0.2) is 22.7 Å². The summed E-state index contributed by atoms with van der Waals surface area (Å²) in [5.74, 6) is 1.05. The van der Waals surface area contributed by atoms with Crippen LogP contribution in [0.1, 0.15) is 31.7 Å². The Balaban J connectivity index is 2.29. The Kier molecular flexibility index (Phi) is 4.51. The molecule has 0 amide bonds. The Hall–Kier alpha value is -1.56. The topological polar surface area (TPSA) is 96.7 Å². The number of amidine groups is 1. The molecule has 1 heterocycles. The Bertz CT molecular complexity index is 385. The molecular formula is C11H20N4O2. The molecular weight excluding hydrogens is 220 g/mol. The first-order valence-electron chi connectivity index (χ1n) is 5.56. The molecule has 6 heteroatoms. The summed E-state index contributed by atoms with van der Waals surface area (Å²) in [6.07, 6.45) is 0.774. The van der Waals surface area contributed by atoms with E-state index in [1.54, 1.807) is 0 Å². The average molecular weight is 240 g/mol. The average Bonchev–Trinajstić information content (AvgIpc) is 2.69. The molecule has 0 saturated heterocycles. The summed E-state index contributed by atoms with van der Waals surface area (Å²) in [5.41, 5.74) is 6.14. The largest absolute Gasteiger partial charge is 0.409 e. The predicted octanol–water partition coefficient (Wildman–Crippen LogP) is 1.24. The first kappa shape index (κ1) is 13.5. The Morgan fingerprint density at radius 1 is 1.65 bits per heavy atom. The third-order valence-corrected chi connectivity index (χ3v) is 2.70. The fraction of sp³-hybridized carbons (Fsp3) is 0.636. The van der Waals surface area contributed by atoms with Gasteiger partial charge in [0.1, 0.15) is 5.84 Å². The third-order valence-electron chi connectivity index (χ3n) is 2.70. The summed E-state index contributed by atoms with van der Waals surface area (Å²) in [5, 5.41) is 18.7. The lowest BCUT2D eigenvalue weighted by molar-refractivity contribution is 0.304. The molecule has 6 nitrogen and oxygen atoms in total. The summed E-state index contributed by atoms with van der Waals surface area (Å²) in [6.45, 7) is 7.13. The molecule has 1 aromatic rings. The molecule has 1 aromatic heterocycles. The molecule has 0 unspecified atom stereocenters. The summed E-state index contributed by atoms with van der Waals surface area (Å²) >= 11 is 0. The van der Waals surface area contributed by atoms with Crippen LogP contribution in [0.2, 0.25) is 0 Å². The molecule has 0 fully saturated rings. The fourth-order valence-electron chi connectivity index (χ4n) is 1.38. The predicted molar refractivity (Wildman–Crippen MR) is 64.8 cm³/mol. The number of nitrogens with zero attached hydrogens (tertiary/aromatic N) is 2. The highest BCUT2D eigenvalue weighted by atomic mass is 16.5. The van der Waals surface area contributed by atoms with Gasteiger partial charge in [-0.3, -0.25) is 0 Å². The quantitative estimate of drug-likeness (QED) is 0.228. The second-order valence-electron chi connectivity index (χ2n) is 4.73. The highest BCUT2D eigenvalue weighted by Gasteiger charge is 2.22. The van der Waals surface area contributed by atoms with Crippen LogP contribution in [0.15, 0.2) is 15.7 Å². The van der Waals surface area contributed by atoms with Crippen LogP contribution in [0.5, 0.6) is 0 Å². The lowest BCUT2D eigenvalue weighted by Gasteiger charge is -2.22. The molecule has 0 aliphatic heterocycles. The molecule has 0 aliphatic carbocycles. The molecule has 0 aromatic carbocycles. The molecule has 0 aliphatic rings. The molecule has 4 N–H and O–H groups in total. The van der Waals surface area contributed by atoms with Gasteiger partial charge in [0.15, 0.2) is 5.76 Å². The number of oxime groups is 1. The number of rotatable bonds is 6. The van der Waals surface area contributed by atoms with Gasteiger partial charge in [-0.1, -0.05) is 24.2 Å². The maximum Gasteiger partial charge on any atom is 0.150 e. The maximum absolute atomic E-state index is 8.63. The van der Waals surface area contributed by atoms with Gasteiger partial charge in [0, 0.05) is 11.5 Å². The van der Waals surface area contributed by atoms with Crippen molar-refractivity contribution < 1.29 is 9.73 Å². The number of hydrogen-bond acceptors (Lipinski definition) is 5. The van der Waals surface area contributed by atoms with Gasteiger partial charge in [-0.15, -0.1) is 0 Å². The van der Waals surface area contributed by atoms with Crippen LogP contribution in [0, 0.1) is 12.3 Å². The minimum Gasteiger partial charge on any atom is -0.409 e. The second-order valence-corrected chi connectivity index (χ2v) is 4.73. The molecule has 0 radical (unpaired) electrons. The van der Waals surface area contributed by atoms with Crippen molar-refractivity contribution >= 4 is 5.84 Å². The summed E-state index contributed by atoms with van der Waals surface area (Å²) in [7, 11) is 0. The van der Waals surface area contributed by atoms with Gasteiger partial charge >= 0.3 is 0 Å². The van der Waals surface area contributed by atoms with Crippen LogP contribution >= 0.6 is 0 Å². The second kappa shape index (κ2) is 5.67. The molecule has 1 rings (SSSR count). The van der Waals surface area contributed by atoms with E-state index in [2.05, 4.69) is 15.6 Å². The van der Waals surface area contributed by atoms with Crippen molar-refractivity contribution in [2.45, 2.75) is 33.7 Å². The molecule has 17 heavy (non-hydrogen) atoms. The van der Waals surface area contributed by atoms with Crippen LogP contribution in [0.4, 0.5) is 0 Å². The molecule has 0 bridgehead atoms. The number of aromatic nitrogens is 1. The zero-order chi connectivity index (χ0) is 12.9. The van der Waals surface area contributed by atoms with E-state index in [1.807, 2.05) is 26.8 Å². The van der Waals surface area contributed by atoms with Crippen molar-refractivity contribution in [1.29, 1.82) is 0 Å². The SMILES string of the molecule is Cc1cc(CNCCC(C)(C)C(N)=NO)on1. The van der Waals surface area contributed by atoms with E-state index < -0.39 is 0 Å². The number of nitrogens with one attached hydrogen (secondary N) is 1. The van der Waals surface area contributed by atoms with Crippen molar-refractivity contribution in [3.05, 3.63) is 17.5 Å². The lowest BCUT2D eigenvalue weighted by Crippen LogP contribution is -2.34. The first-order chi connectivity index (χ1) is 7.95. The molecule has 96 valence electrons. The third kappa shape index (κ3) is 4.07. The fourth-order valence-corrected chi connectivity index (χ4v) is 1.38. The Morgan fingerprint density at radius 3 is 2.88 bits per heavy atom. The summed E-state index contributed by atoms with van der Waals surface area (Å²) < 4.78 is 5.06. The van der Waals surface area contributed by atoms with Gasteiger partial charge in [0.2, 0.25) is 0 Å². The van der Waals surface area contributed by atoms with Crippen molar-refractivity contribution in [3.63, 3.8) is 0 Å². The molecule has 0 spiro atoms. The van der Waals surface area contributed by atoms with Gasteiger partial charge in [-0.2, -0.15) is 0 Å². The van der Waals surface area contributed by atoms with Gasteiger partial charge in [0.05, 0.1) is 12.2 Å². The number of nitrogens with two attached hydrogens (primary N) is 1. The lowest BCUT2D eigenvalue weighted by atomic mass is 9.88. The van der Waals surface area contributed by atoms with E-state index in [1.165, 1.54) is 0 Å². The normalized spacial score (nSPS) is 13.0. The smallest absolute Gasteiger partial charge is 0.150 e. The Labute approximate surface area is 101 Å². The van der Waals surface area contributed by atoms with Gasteiger partial charge in [0.25, 0.3) is 0 Å².